The Labute approximate surface area is 502 Å². The average molecular weight is 1130 g/mol. The predicted octanol–water partition coefficient (Wildman–Crippen LogP) is 24.0. The van der Waals surface area contributed by atoms with E-state index in [1.54, 1.807) is 0 Å². The van der Waals surface area contributed by atoms with Crippen LogP contribution in [0.3, 0.4) is 0 Å². The van der Waals surface area contributed by atoms with Gasteiger partial charge in [-0.3, -0.25) is 14.4 Å². The average Bonchev–Trinajstić information content (AvgIpc) is 3.46. The predicted molar refractivity (Wildman–Crippen MR) is 353 cm³/mol. The molecule has 1 atom stereocenters. The van der Waals surface area contributed by atoms with Crippen molar-refractivity contribution in [3.63, 3.8) is 0 Å². The first kappa shape index (κ1) is 77.3. The van der Waals surface area contributed by atoms with Crippen LogP contribution in [0.5, 0.6) is 0 Å². The van der Waals surface area contributed by atoms with Crippen molar-refractivity contribution in [1.29, 1.82) is 0 Å². The van der Waals surface area contributed by atoms with Gasteiger partial charge in [-0.05, 0) is 122 Å². The third-order valence-corrected chi connectivity index (χ3v) is 15.0. The third kappa shape index (κ3) is 67.0. The van der Waals surface area contributed by atoms with Crippen molar-refractivity contribution in [2.75, 3.05) is 13.2 Å². The molecule has 0 heterocycles. The summed E-state index contributed by atoms with van der Waals surface area (Å²) in [5.74, 6) is -0.889. The van der Waals surface area contributed by atoms with Gasteiger partial charge in [-0.2, -0.15) is 0 Å². The Balaban J connectivity index is 4.22. The molecule has 81 heavy (non-hydrogen) atoms. The maximum atomic E-state index is 12.9. The molecule has 0 rings (SSSR count). The van der Waals surface area contributed by atoms with Crippen LogP contribution in [0.25, 0.3) is 0 Å². The van der Waals surface area contributed by atoms with Crippen molar-refractivity contribution in [3.8, 4) is 0 Å². The normalized spacial score (nSPS) is 12.7. The highest BCUT2D eigenvalue weighted by Crippen LogP contribution is 2.17. The Bertz CT molecular complexity index is 1580. The second-order valence-electron chi connectivity index (χ2n) is 23.1. The highest BCUT2D eigenvalue weighted by Gasteiger charge is 2.19. The second-order valence-corrected chi connectivity index (χ2v) is 23.1. The number of hydrogen-bond donors (Lipinski definition) is 0. The lowest BCUT2D eigenvalue weighted by Crippen LogP contribution is -2.30. The molecule has 1 unspecified atom stereocenters. The molecule has 0 aromatic heterocycles. The number of carbonyl (C=O) groups is 3. The molecule has 0 aromatic carbocycles. The van der Waals surface area contributed by atoms with Crippen LogP contribution in [-0.2, 0) is 28.6 Å². The van der Waals surface area contributed by atoms with Crippen LogP contribution in [0.15, 0.2) is 97.2 Å². The summed E-state index contributed by atoms with van der Waals surface area (Å²) >= 11 is 0. The van der Waals surface area contributed by atoms with Gasteiger partial charge in [0.1, 0.15) is 13.2 Å². The molecule has 0 aromatic rings. The van der Waals surface area contributed by atoms with E-state index >= 15 is 0 Å². The summed E-state index contributed by atoms with van der Waals surface area (Å²) in [6.45, 7) is 6.50. The molecule has 0 amide bonds. The first-order valence-corrected chi connectivity index (χ1v) is 34.7. The molecule has 466 valence electrons. The number of esters is 3. The molecular weight excluding hydrogens is 997 g/mol. The van der Waals surface area contributed by atoms with Crippen LogP contribution in [0.1, 0.15) is 342 Å². The van der Waals surface area contributed by atoms with E-state index in [0.29, 0.717) is 19.3 Å². The molecule has 0 N–H and O–H groups in total. The summed E-state index contributed by atoms with van der Waals surface area (Å²) in [6.07, 6.45) is 92.9. The fraction of sp³-hybridized carbons (Fsp3) is 0.747. The van der Waals surface area contributed by atoms with E-state index in [0.717, 1.165) is 116 Å². The first-order valence-electron chi connectivity index (χ1n) is 34.7. The summed E-state index contributed by atoms with van der Waals surface area (Å²) in [5, 5.41) is 0. The largest absolute Gasteiger partial charge is 0.462 e. The van der Waals surface area contributed by atoms with Crippen LogP contribution in [0.4, 0.5) is 0 Å². The summed E-state index contributed by atoms with van der Waals surface area (Å²) in [7, 11) is 0. The zero-order valence-electron chi connectivity index (χ0n) is 53.5. The molecular formula is C75H130O6. The van der Waals surface area contributed by atoms with Gasteiger partial charge in [0.05, 0.1) is 0 Å². The molecule has 0 aliphatic carbocycles. The van der Waals surface area contributed by atoms with E-state index in [2.05, 4.69) is 118 Å². The minimum atomic E-state index is -0.788. The highest BCUT2D eigenvalue weighted by molar-refractivity contribution is 5.71. The van der Waals surface area contributed by atoms with Crippen LogP contribution in [0, 0.1) is 0 Å². The number of ether oxygens (including phenoxy) is 3. The quantitative estimate of drug-likeness (QED) is 0.0261. The van der Waals surface area contributed by atoms with Gasteiger partial charge in [-0.15, -0.1) is 0 Å². The van der Waals surface area contributed by atoms with Crippen LogP contribution in [0.2, 0.25) is 0 Å². The molecule has 0 bridgehead atoms. The molecule has 0 spiro atoms. The lowest BCUT2D eigenvalue weighted by molar-refractivity contribution is -0.167. The van der Waals surface area contributed by atoms with Crippen molar-refractivity contribution in [1.82, 2.24) is 0 Å². The van der Waals surface area contributed by atoms with Crippen molar-refractivity contribution >= 4 is 17.9 Å². The summed E-state index contributed by atoms with van der Waals surface area (Å²) in [6, 6.07) is 0. The molecule has 0 aliphatic rings. The van der Waals surface area contributed by atoms with E-state index in [-0.39, 0.29) is 31.1 Å². The van der Waals surface area contributed by atoms with Crippen LogP contribution >= 0.6 is 0 Å². The van der Waals surface area contributed by atoms with Gasteiger partial charge in [0, 0.05) is 19.3 Å². The Kier molecular flexibility index (Phi) is 65.7. The highest BCUT2D eigenvalue weighted by atomic mass is 16.6. The van der Waals surface area contributed by atoms with Crippen molar-refractivity contribution in [2.45, 2.75) is 348 Å². The number of carbonyl (C=O) groups excluding carboxylic acids is 3. The third-order valence-electron chi connectivity index (χ3n) is 15.0. The second kappa shape index (κ2) is 68.8. The van der Waals surface area contributed by atoms with Crippen LogP contribution in [-0.4, -0.2) is 37.2 Å². The maximum Gasteiger partial charge on any atom is 0.306 e. The van der Waals surface area contributed by atoms with Gasteiger partial charge in [-0.1, -0.05) is 298 Å². The fourth-order valence-electron chi connectivity index (χ4n) is 9.85. The molecule has 0 aliphatic heterocycles. The van der Waals surface area contributed by atoms with E-state index in [1.807, 2.05) is 0 Å². The first-order chi connectivity index (χ1) is 40.0. The summed E-state index contributed by atoms with van der Waals surface area (Å²) in [4.78, 5) is 38.4. The number of hydrogen-bond acceptors (Lipinski definition) is 6. The van der Waals surface area contributed by atoms with Gasteiger partial charge in [-0.25, -0.2) is 0 Å². The van der Waals surface area contributed by atoms with E-state index in [4.69, 9.17) is 14.2 Å². The minimum Gasteiger partial charge on any atom is -0.462 e. The molecule has 0 radical (unpaired) electrons. The Hall–Kier alpha value is -3.67. The zero-order valence-corrected chi connectivity index (χ0v) is 53.5. The van der Waals surface area contributed by atoms with Gasteiger partial charge < -0.3 is 14.2 Å². The van der Waals surface area contributed by atoms with E-state index in [9.17, 15) is 14.4 Å². The van der Waals surface area contributed by atoms with Crippen molar-refractivity contribution < 1.29 is 28.6 Å². The zero-order chi connectivity index (χ0) is 58.5. The molecule has 6 nitrogen and oxygen atoms in total. The van der Waals surface area contributed by atoms with Crippen LogP contribution < -0.4 is 0 Å². The number of unbranched alkanes of at least 4 members (excludes halogenated alkanes) is 36. The summed E-state index contributed by atoms with van der Waals surface area (Å²) < 4.78 is 16.9. The van der Waals surface area contributed by atoms with Crippen molar-refractivity contribution in [2.24, 2.45) is 0 Å². The fourth-order valence-corrected chi connectivity index (χ4v) is 9.85. The van der Waals surface area contributed by atoms with E-state index in [1.165, 1.54) is 186 Å². The van der Waals surface area contributed by atoms with Gasteiger partial charge in [0.25, 0.3) is 0 Å². The van der Waals surface area contributed by atoms with Gasteiger partial charge in [0.15, 0.2) is 6.10 Å². The van der Waals surface area contributed by atoms with Crippen molar-refractivity contribution in [3.05, 3.63) is 97.2 Å². The molecule has 0 saturated heterocycles. The van der Waals surface area contributed by atoms with Gasteiger partial charge >= 0.3 is 17.9 Å². The smallest absolute Gasteiger partial charge is 0.306 e. The van der Waals surface area contributed by atoms with Gasteiger partial charge in [0.2, 0.25) is 0 Å². The Morgan fingerprint density at radius 1 is 0.259 bits per heavy atom. The SMILES string of the molecule is CC/C=C\C/C=C\C/C=C\C/C=C\CCCCCCCCCCCCCCCCCCCCC(=O)OCC(COC(=O)CCCCCCC/C=C\CCCCCC)OC(=O)CCCCCCCC/C=C\C/C=C\C/C=C\CCCCC. The molecule has 6 heteroatoms. The standard InChI is InChI=1S/C75H130O6/c1-4-7-10-13-16-19-22-25-27-29-31-32-33-34-35-36-37-38-39-40-41-42-44-45-47-50-53-56-59-62-65-68-74(77)80-71-72(70-79-73(76)67-64-61-58-55-52-49-24-21-18-15-12-9-6-3)81-75(78)69-66-63-60-57-54-51-48-46-43-30-28-26-23-20-17-14-11-8-5-2/h7,10,16-17,19-21,24-28,31-32,43,46,72H,4-6,8-9,11-15,18,22-23,29-30,33-42,44-45,47-71H2,1-3H3/b10-7-,19-16-,20-17-,24-21-,27-25-,28-26-,32-31-,46-43-. The molecule has 0 saturated carbocycles. The maximum absolute atomic E-state index is 12.9. The Morgan fingerprint density at radius 2 is 0.481 bits per heavy atom. The summed E-state index contributed by atoms with van der Waals surface area (Å²) in [5.41, 5.74) is 0. The number of rotatable bonds is 63. The lowest BCUT2D eigenvalue weighted by atomic mass is 10.0. The topological polar surface area (TPSA) is 78.9 Å². The Morgan fingerprint density at radius 3 is 0.790 bits per heavy atom. The number of allylic oxidation sites excluding steroid dienone is 16. The minimum absolute atomic E-state index is 0.0824. The monoisotopic (exact) mass is 1130 g/mol. The molecule has 0 fully saturated rings. The van der Waals surface area contributed by atoms with E-state index < -0.39 is 6.10 Å². The lowest BCUT2D eigenvalue weighted by Gasteiger charge is -2.18.